The average Bonchev–Trinajstić information content (AvgIpc) is 3.36. The van der Waals surface area contributed by atoms with E-state index >= 15 is 0 Å². The Labute approximate surface area is 224 Å². The predicted molar refractivity (Wildman–Crippen MR) is 148 cm³/mol. The van der Waals surface area contributed by atoms with Crippen molar-refractivity contribution in [3.63, 3.8) is 0 Å². The number of rotatable bonds is 9. The monoisotopic (exact) mass is 526 g/mol. The van der Waals surface area contributed by atoms with E-state index in [0.29, 0.717) is 21.8 Å². The summed E-state index contributed by atoms with van der Waals surface area (Å²) in [6.45, 7) is 0.207. The molecule has 0 saturated heterocycles. The number of carbonyl (C=O) groups excluding carboxylic acids is 1. The van der Waals surface area contributed by atoms with Crippen LogP contribution in [0.5, 0.6) is 5.75 Å². The Morgan fingerprint density at radius 1 is 0.784 bits per heavy atom. The third-order valence-electron chi connectivity index (χ3n) is 5.50. The molecule has 5 rings (SSSR count). The molecule has 0 saturated carbocycles. The van der Waals surface area contributed by atoms with Gasteiger partial charge >= 0.3 is 0 Å². The fraction of sp³-hybridized carbons (Fsp3) is 0.0690. The molecule has 37 heavy (non-hydrogen) atoms. The molecule has 0 fully saturated rings. The highest BCUT2D eigenvalue weighted by Gasteiger charge is 2.21. The minimum atomic E-state index is -0.0658. The van der Waals surface area contributed by atoms with E-state index in [-0.39, 0.29) is 18.3 Å². The summed E-state index contributed by atoms with van der Waals surface area (Å²) in [5.41, 5.74) is 2.50. The molecule has 0 atom stereocenters. The van der Waals surface area contributed by atoms with Gasteiger partial charge in [-0.1, -0.05) is 78.0 Å². The maximum Gasteiger partial charge on any atom is 0.242 e. The van der Waals surface area contributed by atoms with Gasteiger partial charge in [-0.05, 0) is 60.7 Å². The molecule has 0 bridgehead atoms. The lowest BCUT2D eigenvalue weighted by atomic mass is 10.2. The molecular formula is C29H23ClN4O2S. The fourth-order valence-corrected chi connectivity index (χ4v) is 4.73. The highest BCUT2D eigenvalue weighted by molar-refractivity contribution is 7.99. The van der Waals surface area contributed by atoms with Crippen molar-refractivity contribution in [3.8, 4) is 11.4 Å². The summed E-state index contributed by atoms with van der Waals surface area (Å²) in [5.74, 6) is 1.41. The molecule has 0 aliphatic rings. The van der Waals surface area contributed by atoms with Crippen LogP contribution in [0.1, 0.15) is 5.82 Å². The first-order valence-electron chi connectivity index (χ1n) is 11.6. The number of ether oxygens (including phenoxy) is 1. The molecule has 184 valence electrons. The number of hydrogen-bond acceptors (Lipinski definition) is 5. The zero-order chi connectivity index (χ0) is 25.5. The summed E-state index contributed by atoms with van der Waals surface area (Å²) >= 11 is 7.32. The number of amides is 1. The van der Waals surface area contributed by atoms with E-state index in [2.05, 4.69) is 10.2 Å². The fourth-order valence-electron chi connectivity index (χ4n) is 3.78. The Bertz CT molecular complexity index is 1410. The summed E-state index contributed by atoms with van der Waals surface area (Å²) in [6.07, 6.45) is 0. The molecule has 0 aliphatic heterocycles. The molecule has 4 aromatic carbocycles. The lowest BCUT2D eigenvalue weighted by Gasteiger charge is -2.23. The van der Waals surface area contributed by atoms with E-state index in [4.69, 9.17) is 16.3 Å². The van der Waals surface area contributed by atoms with Gasteiger partial charge in [0.05, 0.1) is 5.75 Å². The van der Waals surface area contributed by atoms with Crippen LogP contribution in [-0.2, 0) is 11.4 Å². The molecular weight excluding hydrogens is 504 g/mol. The second-order valence-corrected chi connectivity index (χ2v) is 9.38. The molecule has 5 aromatic rings. The Balaban J connectivity index is 1.39. The smallest absolute Gasteiger partial charge is 0.242 e. The van der Waals surface area contributed by atoms with Crippen molar-refractivity contribution < 1.29 is 9.53 Å². The zero-order valence-electron chi connectivity index (χ0n) is 19.8. The van der Waals surface area contributed by atoms with Crippen LogP contribution in [0.2, 0.25) is 5.02 Å². The van der Waals surface area contributed by atoms with Crippen molar-refractivity contribution in [3.05, 3.63) is 126 Å². The second-order valence-electron chi connectivity index (χ2n) is 8.00. The van der Waals surface area contributed by atoms with E-state index in [1.165, 1.54) is 11.8 Å². The van der Waals surface area contributed by atoms with Crippen molar-refractivity contribution >= 4 is 40.6 Å². The molecule has 0 aliphatic carbocycles. The molecule has 6 nitrogen and oxygen atoms in total. The third kappa shape index (κ3) is 6.02. The van der Waals surface area contributed by atoms with E-state index in [9.17, 15) is 4.79 Å². The number of benzene rings is 4. The highest BCUT2D eigenvalue weighted by atomic mass is 35.5. The number of nitrogens with zero attached hydrogens (tertiary/aromatic N) is 4. The maximum atomic E-state index is 13.5. The molecule has 1 amide bonds. The molecule has 1 heterocycles. The van der Waals surface area contributed by atoms with Crippen LogP contribution in [0.3, 0.4) is 0 Å². The Hall–Kier alpha value is -4.07. The number of thioether (sulfide) groups is 1. The lowest BCUT2D eigenvalue weighted by Crippen LogP contribution is -2.27. The Morgan fingerprint density at radius 2 is 1.35 bits per heavy atom. The predicted octanol–water partition coefficient (Wildman–Crippen LogP) is 6.96. The van der Waals surface area contributed by atoms with E-state index < -0.39 is 0 Å². The van der Waals surface area contributed by atoms with Crippen molar-refractivity contribution in [2.45, 2.75) is 11.8 Å². The van der Waals surface area contributed by atoms with Crippen LogP contribution in [0, 0.1) is 0 Å². The molecule has 8 heteroatoms. The largest absolute Gasteiger partial charge is 0.486 e. The summed E-state index contributed by atoms with van der Waals surface area (Å²) in [6, 6.07) is 36.2. The van der Waals surface area contributed by atoms with Crippen LogP contribution in [0.25, 0.3) is 5.69 Å². The van der Waals surface area contributed by atoms with Gasteiger partial charge in [0.1, 0.15) is 12.4 Å². The molecule has 0 spiro atoms. The van der Waals surface area contributed by atoms with Gasteiger partial charge in [0.15, 0.2) is 11.0 Å². The van der Waals surface area contributed by atoms with Crippen molar-refractivity contribution in [1.82, 2.24) is 14.8 Å². The first-order chi connectivity index (χ1) is 18.2. The van der Waals surface area contributed by atoms with Gasteiger partial charge in [0.25, 0.3) is 0 Å². The molecule has 0 radical (unpaired) electrons. The van der Waals surface area contributed by atoms with E-state index in [0.717, 1.165) is 17.1 Å². The lowest BCUT2D eigenvalue weighted by molar-refractivity contribution is -0.115. The summed E-state index contributed by atoms with van der Waals surface area (Å²) in [4.78, 5) is 15.2. The standard InChI is InChI=1S/C29H23ClN4O2S/c30-22-16-18-26(19-17-22)36-20-27-31-32-29(34(27)25-14-8-3-9-15-25)37-21-28(35)33(23-10-4-1-5-11-23)24-12-6-2-7-13-24/h1-19H,20-21H2. The number of aromatic nitrogens is 3. The first kappa shape index (κ1) is 24.6. The van der Waals surface area contributed by atoms with Crippen LogP contribution < -0.4 is 9.64 Å². The number of para-hydroxylation sites is 3. The van der Waals surface area contributed by atoms with Gasteiger partial charge in [-0.25, -0.2) is 0 Å². The highest BCUT2D eigenvalue weighted by Crippen LogP contribution is 2.28. The van der Waals surface area contributed by atoms with Crippen LogP contribution >= 0.6 is 23.4 Å². The van der Waals surface area contributed by atoms with E-state index in [1.54, 1.807) is 17.0 Å². The van der Waals surface area contributed by atoms with Crippen LogP contribution in [-0.4, -0.2) is 26.4 Å². The van der Waals surface area contributed by atoms with Gasteiger partial charge < -0.3 is 4.74 Å². The molecule has 1 aromatic heterocycles. The van der Waals surface area contributed by atoms with Crippen LogP contribution in [0.4, 0.5) is 11.4 Å². The Morgan fingerprint density at radius 3 is 1.95 bits per heavy atom. The number of halogens is 1. The number of hydrogen-bond donors (Lipinski definition) is 0. The number of carbonyl (C=O) groups is 1. The first-order valence-corrected chi connectivity index (χ1v) is 13.0. The van der Waals surface area contributed by atoms with Crippen molar-refractivity contribution in [1.29, 1.82) is 0 Å². The maximum absolute atomic E-state index is 13.5. The Kier molecular flexibility index (Phi) is 7.84. The third-order valence-corrected chi connectivity index (χ3v) is 6.66. The van der Waals surface area contributed by atoms with Gasteiger partial charge in [0.2, 0.25) is 5.91 Å². The van der Waals surface area contributed by atoms with Crippen molar-refractivity contribution in [2.75, 3.05) is 10.7 Å². The quantitative estimate of drug-likeness (QED) is 0.194. The van der Waals surface area contributed by atoms with Crippen molar-refractivity contribution in [2.24, 2.45) is 0 Å². The van der Waals surface area contributed by atoms with Crippen LogP contribution in [0.15, 0.2) is 120 Å². The summed E-state index contributed by atoms with van der Waals surface area (Å²) in [5, 5.41) is 10.0. The second kappa shape index (κ2) is 11.8. The minimum Gasteiger partial charge on any atom is -0.486 e. The average molecular weight is 527 g/mol. The molecule has 0 N–H and O–H groups in total. The van der Waals surface area contributed by atoms with Gasteiger partial charge in [-0.15, -0.1) is 10.2 Å². The normalized spacial score (nSPS) is 10.7. The molecule has 0 unspecified atom stereocenters. The van der Waals surface area contributed by atoms with Gasteiger partial charge in [0, 0.05) is 22.1 Å². The summed E-state index contributed by atoms with van der Waals surface area (Å²) < 4.78 is 7.86. The minimum absolute atomic E-state index is 0.0658. The van der Waals surface area contributed by atoms with Gasteiger partial charge in [-0.2, -0.15) is 0 Å². The topological polar surface area (TPSA) is 60.2 Å². The SMILES string of the molecule is O=C(CSc1nnc(COc2ccc(Cl)cc2)n1-c1ccccc1)N(c1ccccc1)c1ccccc1. The number of anilines is 2. The van der Waals surface area contributed by atoms with E-state index in [1.807, 2.05) is 108 Å². The van der Waals surface area contributed by atoms with Gasteiger partial charge in [-0.3, -0.25) is 14.3 Å². The zero-order valence-corrected chi connectivity index (χ0v) is 21.3. The summed E-state index contributed by atoms with van der Waals surface area (Å²) in [7, 11) is 0.